The molecule has 0 bridgehead atoms. The van der Waals surface area contributed by atoms with Crippen molar-refractivity contribution in [3.63, 3.8) is 0 Å². The maximum atomic E-state index is 13.2. The van der Waals surface area contributed by atoms with Gasteiger partial charge in [0.25, 0.3) is 5.91 Å². The molecule has 4 aliphatic heterocycles. The van der Waals surface area contributed by atoms with Gasteiger partial charge in [-0.25, -0.2) is 0 Å². The lowest BCUT2D eigenvalue weighted by atomic mass is 9.96. The van der Waals surface area contributed by atoms with Gasteiger partial charge in [0.05, 0.1) is 11.2 Å². The molecule has 1 unspecified atom stereocenters. The van der Waals surface area contributed by atoms with Crippen LogP contribution >= 0.6 is 0 Å². The highest BCUT2D eigenvalue weighted by Crippen LogP contribution is 2.34. The van der Waals surface area contributed by atoms with Crippen molar-refractivity contribution in [1.29, 1.82) is 0 Å². The Bertz CT molecular complexity index is 2830. The molecule has 0 aliphatic carbocycles. The average Bonchev–Trinajstić information content (AvgIpc) is 4.07. The zero-order valence-electron chi connectivity index (χ0n) is 38.0. The molecular weight excluding hydrogens is 833 g/mol. The fourth-order valence-corrected chi connectivity index (χ4v) is 9.96. The van der Waals surface area contributed by atoms with Crippen LogP contribution < -0.4 is 15.5 Å². The number of rotatable bonds is 10. The Morgan fingerprint density at radius 1 is 0.848 bits per heavy atom. The first-order valence-corrected chi connectivity index (χ1v) is 23.1. The third-order valence-electron chi connectivity index (χ3n) is 13.9. The van der Waals surface area contributed by atoms with Crippen LogP contribution in [0.4, 0.5) is 5.69 Å². The summed E-state index contributed by atoms with van der Waals surface area (Å²) in [5.74, 6) is -0.724. The van der Waals surface area contributed by atoms with Crippen molar-refractivity contribution in [2.45, 2.75) is 90.5 Å². The molecule has 15 nitrogen and oxygen atoms in total. The highest BCUT2D eigenvalue weighted by Gasteiger charge is 2.39. The monoisotopic (exact) mass is 888 g/mol. The van der Waals surface area contributed by atoms with Crippen molar-refractivity contribution in [3.05, 3.63) is 118 Å². The SMILES string of the molecule is Cc1cc(-c2n[nH]c3ccc(-c4ccc(N5CCN(C6CCN(Cc7ccc8c(c7)CN(C7CCC(=O)NC7=O)C8=O)CC6)CC5)cc4)cc23)ccc1CNC(=O)c1nc(C(C)(C)C)no1. The number of aryl methyl sites for hydroxylation is 1. The summed E-state index contributed by atoms with van der Waals surface area (Å²) in [5, 5.41) is 18.2. The number of aromatic nitrogens is 4. The number of nitrogens with zero attached hydrogens (tertiary/aromatic N) is 7. The molecule has 340 valence electrons. The van der Waals surface area contributed by atoms with E-state index in [1.165, 1.54) is 11.3 Å². The number of benzene rings is 4. The largest absolute Gasteiger partial charge is 0.369 e. The Hall–Kier alpha value is -6.71. The molecule has 4 aliphatic rings. The van der Waals surface area contributed by atoms with Gasteiger partial charge in [-0.15, -0.1) is 0 Å². The number of hydrogen-bond acceptors (Lipinski definition) is 11. The third-order valence-corrected chi connectivity index (χ3v) is 13.9. The van der Waals surface area contributed by atoms with Crippen molar-refractivity contribution in [2.24, 2.45) is 0 Å². The average molecular weight is 889 g/mol. The van der Waals surface area contributed by atoms with E-state index in [4.69, 9.17) is 9.62 Å². The molecule has 2 aromatic heterocycles. The van der Waals surface area contributed by atoms with E-state index in [0.29, 0.717) is 36.9 Å². The van der Waals surface area contributed by atoms with Crippen LogP contribution in [0.25, 0.3) is 33.3 Å². The summed E-state index contributed by atoms with van der Waals surface area (Å²) in [5.41, 5.74) is 10.9. The van der Waals surface area contributed by atoms with Gasteiger partial charge in [-0.1, -0.05) is 68.4 Å². The minimum atomic E-state index is -0.593. The number of nitrogens with one attached hydrogen (secondary N) is 3. The number of carbonyl (C=O) groups excluding carboxylic acids is 4. The Labute approximate surface area is 383 Å². The topological polar surface area (TPSA) is 173 Å². The predicted molar refractivity (Wildman–Crippen MR) is 250 cm³/mol. The molecule has 3 fully saturated rings. The van der Waals surface area contributed by atoms with Gasteiger partial charge in [-0.2, -0.15) is 10.1 Å². The fraction of sp³-hybridized carbons (Fsp3) is 0.392. The Morgan fingerprint density at radius 2 is 1.61 bits per heavy atom. The van der Waals surface area contributed by atoms with Crippen LogP contribution in [0.3, 0.4) is 0 Å². The van der Waals surface area contributed by atoms with Gasteiger partial charge >= 0.3 is 11.8 Å². The van der Waals surface area contributed by atoms with Gasteiger partial charge < -0.3 is 19.6 Å². The van der Waals surface area contributed by atoms with Gasteiger partial charge in [0.1, 0.15) is 6.04 Å². The number of anilines is 1. The number of hydrogen-bond donors (Lipinski definition) is 3. The van der Waals surface area contributed by atoms with Crippen LogP contribution in [-0.2, 0) is 34.6 Å². The molecule has 0 spiro atoms. The Kier molecular flexibility index (Phi) is 11.5. The third kappa shape index (κ3) is 8.72. The number of fused-ring (bicyclic) bond motifs is 2. The molecule has 4 aromatic carbocycles. The number of imide groups is 1. The molecule has 0 radical (unpaired) electrons. The van der Waals surface area contributed by atoms with Gasteiger partial charge in [0.2, 0.25) is 11.8 Å². The standard InChI is InChI=1S/C51H56N10O5/c1-31-25-35(6-7-36(31)28-52-47(64)48-54-50(57-66-48)51(2,3)4)45-41-27-34(10-14-42(41)55-56-45)33-8-11-38(12-9-33)59-21-23-60(24-22-59)39-17-19-58(20-18-39)29-32-5-13-40-37(26-32)30-61(49(40)65)43-15-16-44(62)53-46(43)63/h5-14,25-27,39,43H,15-24,28-30H2,1-4H3,(H,52,64)(H,55,56)(H,53,62,63). The first-order valence-electron chi connectivity index (χ1n) is 23.1. The number of amides is 4. The van der Waals surface area contributed by atoms with Crippen molar-refractivity contribution in [1.82, 2.24) is 45.7 Å². The van der Waals surface area contributed by atoms with Crippen molar-refractivity contribution < 1.29 is 23.7 Å². The molecule has 6 aromatic rings. The lowest BCUT2D eigenvalue weighted by molar-refractivity contribution is -0.136. The van der Waals surface area contributed by atoms with Crippen LogP contribution in [0, 0.1) is 6.92 Å². The van der Waals surface area contributed by atoms with E-state index >= 15 is 0 Å². The first kappa shape index (κ1) is 43.2. The maximum absolute atomic E-state index is 13.2. The van der Waals surface area contributed by atoms with Crippen molar-refractivity contribution >= 4 is 40.2 Å². The minimum Gasteiger partial charge on any atom is -0.369 e. The lowest BCUT2D eigenvalue weighted by Gasteiger charge is -2.43. The number of piperazine rings is 1. The highest BCUT2D eigenvalue weighted by atomic mass is 16.5. The predicted octanol–water partition coefficient (Wildman–Crippen LogP) is 6.36. The van der Waals surface area contributed by atoms with E-state index in [1.807, 2.05) is 45.9 Å². The smallest absolute Gasteiger partial charge is 0.315 e. The number of carbonyl (C=O) groups is 4. The van der Waals surface area contributed by atoms with Crippen LogP contribution in [0.1, 0.15) is 95.6 Å². The van der Waals surface area contributed by atoms with Crippen molar-refractivity contribution in [3.8, 4) is 22.4 Å². The summed E-state index contributed by atoms with van der Waals surface area (Å²) < 4.78 is 5.21. The summed E-state index contributed by atoms with van der Waals surface area (Å²) in [6.07, 6.45) is 2.90. The molecular formula is C51H56N10O5. The summed E-state index contributed by atoms with van der Waals surface area (Å²) in [7, 11) is 0. The lowest BCUT2D eigenvalue weighted by Crippen LogP contribution is -2.53. The van der Waals surface area contributed by atoms with E-state index in [1.54, 1.807) is 4.90 Å². The maximum Gasteiger partial charge on any atom is 0.315 e. The second-order valence-corrected chi connectivity index (χ2v) is 19.3. The highest BCUT2D eigenvalue weighted by molar-refractivity contribution is 6.05. The molecule has 3 N–H and O–H groups in total. The number of likely N-dealkylation sites (tertiary alicyclic amines) is 1. The molecule has 3 saturated heterocycles. The molecule has 0 saturated carbocycles. The number of piperidine rings is 2. The zero-order valence-corrected chi connectivity index (χ0v) is 38.0. The van der Waals surface area contributed by atoms with Crippen LogP contribution in [0.15, 0.2) is 83.4 Å². The van der Waals surface area contributed by atoms with Gasteiger partial charge in [0.15, 0.2) is 5.82 Å². The second kappa shape index (κ2) is 17.6. The number of aromatic amines is 1. The quantitative estimate of drug-likeness (QED) is 0.131. The summed E-state index contributed by atoms with van der Waals surface area (Å²) in [4.78, 5) is 63.6. The van der Waals surface area contributed by atoms with Crippen LogP contribution in [0.2, 0.25) is 0 Å². The summed E-state index contributed by atoms with van der Waals surface area (Å²) in [6, 6.07) is 27.6. The normalized spacial score (nSPS) is 18.8. The van der Waals surface area contributed by atoms with Crippen LogP contribution in [0.5, 0.6) is 0 Å². The second-order valence-electron chi connectivity index (χ2n) is 19.3. The van der Waals surface area contributed by atoms with Crippen LogP contribution in [-0.4, -0.2) is 110 Å². The molecule has 15 heteroatoms. The molecule has 1 atom stereocenters. The van der Waals surface area contributed by atoms with E-state index in [9.17, 15) is 19.2 Å². The van der Waals surface area contributed by atoms with Gasteiger partial charge in [-0.05, 0) is 109 Å². The molecule has 4 amide bonds. The molecule has 6 heterocycles. The molecule has 66 heavy (non-hydrogen) atoms. The Balaban J connectivity index is 0.706. The summed E-state index contributed by atoms with van der Waals surface area (Å²) >= 11 is 0. The van der Waals surface area contributed by atoms with Crippen molar-refractivity contribution in [2.75, 3.05) is 44.2 Å². The van der Waals surface area contributed by atoms with E-state index in [-0.39, 0.29) is 35.4 Å². The Morgan fingerprint density at radius 3 is 2.33 bits per heavy atom. The van der Waals surface area contributed by atoms with Gasteiger partial charge in [-0.3, -0.25) is 39.4 Å². The zero-order chi connectivity index (χ0) is 45.7. The first-order chi connectivity index (χ1) is 31.8. The number of H-pyrrole nitrogens is 1. The van der Waals surface area contributed by atoms with Gasteiger partial charge in [0, 0.05) is 85.9 Å². The van der Waals surface area contributed by atoms with E-state index in [2.05, 4.69) is 101 Å². The summed E-state index contributed by atoms with van der Waals surface area (Å²) in [6.45, 7) is 15.7. The fourth-order valence-electron chi connectivity index (χ4n) is 9.96. The van der Waals surface area contributed by atoms with E-state index < -0.39 is 11.9 Å². The van der Waals surface area contributed by atoms with E-state index in [0.717, 1.165) is 109 Å². The molecule has 10 rings (SSSR count). The minimum absolute atomic E-state index is 0.0399.